The molecule has 0 aromatic rings. The monoisotopic (exact) mass is 245 g/mol. The first kappa shape index (κ1) is 16.4. The van der Waals surface area contributed by atoms with Crippen LogP contribution in [-0.4, -0.2) is 34.5 Å². The highest BCUT2D eigenvalue weighted by molar-refractivity contribution is 5.78. The van der Waals surface area contributed by atoms with Crippen LogP contribution in [-0.2, 0) is 4.79 Å². The Bertz CT molecular complexity index is 193. The van der Waals surface area contributed by atoms with Gasteiger partial charge in [-0.05, 0) is 12.8 Å². The Morgan fingerprint density at radius 3 is 2.12 bits per heavy atom. The molecule has 0 aromatic heterocycles. The summed E-state index contributed by atoms with van der Waals surface area (Å²) in [6.45, 7) is 3.41. The Morgan fingerprint density at radius 2 is 1.65 bits per heavy atom. The molecule has 1 unspecified atom stereocenters. The van der Waals surface area contributed by atoms with Crippen LogP contribution in [0.15, 0.2) is 0 Å². The Labute approximate surface area is 105 Å². The number of carbonyl (C=O) groups is 1. The van der Waals surface area contributed by atoms with Crippen LogP contribution in [0.25, 0.3) is 0 Å². The van der Waals surface area contributed by atoms with Gasteiger partial charge in [-0.3, -0.25) is 9.69 Å². The van der Waals surface area contributed by atoms with E-state index in [-0.39, 0.29) is 11.8 Å². The predicted octanol–water partition coefficient (Wildman–Crippen LogP) is 2.10. The normalized spacial score (nSPS) is 12.5. The first-order valence-corrected chi connectivity index (χ1v) is 6.71. The molecule has 0 saturated heterocycles. The minimum Gasteiger partial charge on any atom is -0.376 e. The van der Waals surface area contributed by atoms with Crippen molar-refractivity contribution in [3.05, 3.63) is 0 Å². The summed E-state index contributed by atoms with van der Waals surface area (Å²) in [6.07, 6.45) is 7.25. The van der Waals surface area contributed by atoms with Gasteiger partial charge in [0, 0.05) is 5.92 Å². The van der Waals surface area contributed by atoms with Crippen LogP contribution in [0.4, 0.5) is 0 Å². The number of amides is 1. The number of hydrogen-bond donors (Lipinski definition) is 2. The van der Waals surface area contributed by atoms with Crippen molar-refractivity contribution in [1.82, 2.24) is 4.90 Å². The summed E-state index contributed by atoms with van der Waals surface area (Å²) < 4.78 is 0. The van der Waals surface area contributed by atoms with E-state index in [9.17, 15) is 4.79 Å². The second kappa shape index (κ2) is 10.5. The molecule has 0 aromatic carbocycles. The molecule has 0 fully saturated rings. The summed E-state index contributed by atoms with van der Waals surface area (Å²) in [4.78, 5) is 13.1. The lowest BCUT2D eigenvalue weighted by Crippen LogP contribution is -2.37. The van der Waals surface area contributed by atoms with Gasteiger partial charge in [0.2, 0.25) is 5.91 Å². The molecule has 4 nitrogen and oxygen atoms in total. The van der Waals surface area contributed by atoms with Crippen LogP contribution in [0.2, 0.25) is 0 Å². The van der Waals surface area contributed by atoms with Crippen LogP contribution in [0.1, 0.15) is 58.8 Å². The SMILES string of the molecule is CCCCCCC(CCC)C(=O)N(CO)CO. The molecule has 0 heterocycles. The molecule has 0 radical (unpaired) electrons. The summed E-state index contributed by atoms with van der Waals surface area (Å²) in [6, 6.07) is 0. The minimum atomic E-state index is -0.398. The van der Waals surface area contributed by atoms with E-state index in [1.165, 1.54) is 12.8 Å². The molecule has 4 heteroatoms. The second-order valence-corrected chi connectivity index (χ2v) is 4.50. The number of unbranched alkanes of at least 4 members (excludes halogenated alkanes) is 3. The van der Waals surface area contributed by atoms with E-state index in [0.717, 1.165) is 37.0 Å². The van der Waals surface area contributed by atoms with Gasteiger partial charge in [0.15, 0.2) is 0 Å². The zero-order valence-electron chi connectivity index (χ0n) is 11.2. The number of aliphatic hydroxyl groups is 2. The second-order valence-electron chi connectivity index (χ2n) is 4.50. The van der Waals surface area contributed by atoms with E-state index in [1.807, 2.05) is 0 Å². The van der Waals surface area contributed by atoms with Gasteiger partial charge in [-0.15, -0.1) is 0 Å². The summed E-state index contributed by atoms with van der Waals surface area (Å²) in [5, 5.41) is 17.9. The summed E-state index contributed by atoms with van der Waals surface area (Å²) >= 11 is 0. The van der Waals surface area contributed by atoms with E-state index in [2.05, 4.69) is 13.8 Å². The van der Waals surface area contributed by atoms with Crippen LogP contribution in [0, 0.1) is 5.92 Å². The van der Waals surface area contributed by atoms with Gasteiger partial charge in [0.1, 0.15) is 13.5 Å². The van der Waals surface area contributed by atoms with Crippen molar-refractivity contribution in [2.24, 2.45) is 5.92 Å². The van der Waals surface area contributed by atoms with Gasteiger partial charge in [-0.1, -0.05) is 46.0 Å². The van der Waals surface area contributed by atoms with Crippen molar-refractivity contribution in [2.45, 2.75) is 58.8 Å². The van der Waals surface area contributed by atoms with Gasteiger partial charge in [0.25, 0.3) is 0 Å². The van der Waals surface area contributed by atoms with Crippen LogP contribution >= 0.6 is 0 Å². The molecule has 0 aliphatic carbocycles. The minimum absolute atomic E-state index is 0.0452. The van der Waals surface area contributed by atoms with Gasteiger partial charge in [-0.2, -0.15) is 0 Å². The van der Waals surface area contributed by atoms with Crippen molar-refractivity contribution in [3.63, 3.8) is 0 Å². The Morgan fingerprint density at radius 1 is 1.00 bits per heavy atom. The highest BCUT2D eigenvalue weighted by Crippen LogP contribution is 2.18. The third kappa shape index (κ3) is 6.64. The van der Waals surface area contributed by atoms with Crippen LogP contribution in [0.5, 0.6) is 0 Å². The zero-order chi connectivity index (χ0) is 13.1. The maximum Gasteiger partial charge on any atom is 0.229 e. The van der Waals surface area contributed by atoms with Crippen molar-refractivity contribution >= 4 is 5.91 Å². The van der Waals surface area contributed by atoms with Crippen molar-refractivity contribution in [2.75, 3.05) is 13.5 Å². The largest absolute Gasteiger partial charge is 0.376 e. The molecule has 1 atom stereocenters. The molecule has 102 valence electrons. The highest BCUT2D eigenvalue weighted by atomic mass is 16.3. The summed E-state index contributed by atoms with van der Waals surface area (Å²) in [5.74, 6) is -0.162. The van der Waals surface area contributed by atoms with E-state index >= 15 is 0 Å². The molecule has 0 saturated carbocycles. The van der Waals surface area contributed by atoms with Gasteiger partial charge >= 0.3 is 0 Å². The zero-order valence-corrected chi connectivity index (χ0v) is 11.2. The maximum absolute atomic E-state index is 12.0. The smallest absolute Gasteiger partial charge is 0.229 e. The van der Waals surface area contributed by atoms with Crippen LogP contribution < -0.4 is 0 Å². The van der Waals surface area contributed by atoms with Crippen molar-refractivity contribution < 1.29 is 15.0 Å². The molecule has 1 amide bonds. The van der Waals surface area contributed by atoms with Gasteiger partial charge in [-0.25, -0.2) is 0 Å². The Hall–Kier alpha value is -0.610. The number of rotatable bonds is 10. The maximum atomic E-state index is 12.0. The average molecular weight is 245 g/mol. The molecule has 0 aliphatic heterocycles. The van der Waals surface area contributed by atoms with Crippen molar-refractivity contribution in [1.29, 1.82) is 0 Å². The molecular weight excluding hydrogens is 218 g/mol. The first-order valence-electron chi connectivity index (χ1n) is 6.71. The van der Waals surface area contributed by atoms with Gasteiger partial charge in [0.05, 0.1) is 0 Å². The fourth-order valence-electron chi connectivity index (χ4n) is 2.00. The number of carbonyl (C=O) groups excluding carboxylic acids is 1. The number of hydrogen-bond acceptors (Lipinski definition) is 3. The lowest BCUT2D eigenvalue weighted by Gasteiger charge is -2.23. The summed E-state index contributed by atoms with van der Waals surface area (Å²) in [7, 11) is 0. The lowest BCUT2D eigenvalue weighted by atomic mass is 9.95. The molecular formula is C13H27NO3. The Balaban J connectivity index is 4.14. The molecule has 17 heavy (non-hydrogen) atoms. The van der Waals surface area contributed by atoms with Crippen molar-refractivity contribution in [3.8, 4) is 0 Å². The standard InChI is InChI=1S/C13H27NO3/c1-3-5-6-7-9-12(8-4-2)13(17)14(10-15)11-16/h12,15-16H,3-11H2,1-2H3. The number of nitrogens with zero attached hydrogens (tertiary/aromatic N) is 1. The molecule has 0 aliphatic rings. The highest BCUT2D eigenvalue weighted by Gasteiger charge is 2.22. The van der Waals surface area contributed by atoms with Gasteiger partial charge < -0.3 is 10.2 Å². The summed E-state index contributed by atoms with van der Waals surface area (Å²) in [5.41, 5.74) is 0. The molecule has 2 N–H and O–H groups in total. The third-order valence-electron chi connectivity index (χ3n) is 3.05. The first-order chi connectivity index (χ1) is 8.21. The van der Waals surface area contributed by atoms with Crippen LogP contribution in [0.3, 0.4) is 0 Å². The van der Waals surface area contributed by atoms with E-state index in [4.69, 9.17) is 10.2 Å². The third-order valence-corrected chi connectivity index (χ3v) is 3.05. The Kier molecular flexibility index (Phi) is 10.2. The average Bonchev–Trinajstić information content (AvgIpc) is 2.34. The van der Waals surface area contributed by atoms with E-state index in [0.29, 0.717) is 0 Å². The lowest BCUT2D eigenvalue weighted by molar-refractivity contribution is -0.144. The molecule has 0 spiro atoms. The molecule has 0 rings (SSSR count). The molecule has 0 bridgehead atoms. The van der Waals surface area contributed by atoms with E-state index in [1.54, 1.807) is 0 Å². The topological polar surface area (TPSA) is 60.8 Å². The quantitative estimate of drug-likeness (QED) is 0.458. The van der Waals surface area contributed by atoms with E-state index < -0.39 is 13.5 Å². The predicted molar refractivity (Wildman–Crippen MR) is 68.2 cm³/mol. The fourth-order valence-corrected chi connectivity index (χ4v) is 2.00. The number of aliphatic hydroxyl groups excluding tert-OH is 2. The fraction of sp³-hybridized carbons (Fsp3) is 0.923.